The van der Waals surface area contributed by atoms with Gasteiger partial charge in [0, 0.05) is 29.8 Å². The molecule has 3 rings (SSSR count). The molecule has 1 atom stereocenters. The Bertz CT molecular complexity index is 825. The van der Waals surface area contributed by atoms with Crippen LogP contribution < -0.4 is 4.72 Å². The highest BCUT2D eigenvalue weighted by atomic mass is 79.9. The summed E-state index contributed by atoms with van der Waals surface area (Å²) in [5.74, 6) is -0.180. The van der Waals surface area contributed by atoms with Crippen molar-refractivity contribution < 1.29 is 13.2 Å². The molecule has 1 aromatic carbocycles. The fourth-order valence-corrected chi connectivity index (χ4v) is 4.12. The standard InChI is InChI=1S/C16H16BrN3O3S/c17-12-4-6-14(7-5-12)24(22,23)19-13-8-10-20(11-13)16(21)15-3-1-2-9-18-15/h1-7,9,13,19H,8,10-11H2/t13-/m1/s1. The number of benzene rings is 1. The summed E-state index contributed by atoms with van der Waals surface area (Å²) in [5.41, 5.74) is 0.369. The number of likely N-dealkylation sites (tertiary alicyclic amines) is 1. The summed E-state index contributed by atoms with van der Waals surface area (Å²) in [5, 5.41) is 0. The van der Waals surface area contributed by atoms with E-state index in [9.17, 15) is 13.2 Å². The predicted molar refractivity (Wildman–Crippen MR) is 93.0 cm³/mol. The van der Waals surface area contributed by atoms with Crippen molar-refractivity contribution in [3.05, 3.63) is 58.8 Å². The molecule has 1 N–H and O–H groups in total. The number of hydrogen-bond donors (Lipinski definition) is 1. The lowest BCUT2D eigenvalue weighted by atomic mass is 10.3. The van der Waals surface area contributed by atoms with Gasteiger partial charge in [-0.15, -0.1) is 0 Å². The van der Waals surface area contributed by atoms with E-state index < -0.39 is 10.0 Å². The van der Waals surface area contributed by atoms with Crippen molar-refractivity contribution in [2.75, 3.05) is 13.1 Å². The zero-order valence-corrected chi connectivity index (χ0v) is 15.1. The Morgan fingerprint density at radius 3 is 2.62 bits per heavy atom. The minimum Gasteiger partial charge on any atom is -0.336 e. The third-order valence-corrected chi connectivity index (χ3v) is 5.87. The average Bonchev–Trinajstić information content (AvgIpc) is 3.03. The number of nitrogens with one attached hydrogen (secondary N) is 1. The second-order valence-corrected chi connectivity index (χ2v) is 8.16. The van der Waals surface area contributed by atoms with Gasteiger partial charge in [-0.2, -0.15) is 0 Å². The molecular formula is C16H16BrN3O3S. The van der Waals surface area contributed by atoms with Gasteiger partial charge in [-0.1, -0.05) is 22.0 Å². The van der Waals surface area contributed by atoms with Crippen LogP contribution in [0.5, 0.6) is 0 Å². The summed E-state index contributed by atoms with van der Waals surface area (Å²) in [6.45, 7) is 0.841. The molecule has 2 heterocycles. The number of halogens is 1. The number of hydrogen-bond acceptors (Lipinski definition) is 4. The Kier molecular flexibility index (Phi) is 4.98. The van der Waals surface area contributed by atoms with Crippen LogP contribution in [0.3, 0.4) is 0 Å². The van der Waals surface area contributed by atoms with Gasteiger partial charge in [0.2, 0.25) is 10.0 Å². The second-order valence-electron chi connectivity index (χ2n) is 5.53. The van der Waals surface area contributed by atoms with Crippen LogP contribution >= 0.6 is 15.9 Å². The number of carbonyl (C=O) groups is 1. The van der Waals surface area contributed by atoms with Crippen molar-refractivity contribution in [1.29, 1.82) is 0 Å². The summed E-state index contributed by atoms with van der Waals surface area (Å²) >= 11 is 3.28. The Morgan fingerprint density at radius 2 is 1.96 bits per heavy atom. The third-order valence-electron chi connectivity index (χ3n) is 3.81. The van der Waals surface area contributed by atoms with Crippen LogP contribution in [0.15, 0.2) is 58.0 Å². The van der Waals surface area contributed by atoms with Gasteiger partial charge in [-0.25, -0.2) is 13.1 Å². The monoisotopic (exact) mass is 409 g/mol. The van der Waals surface area contributed by atoms with Gasteiger partial charge in [0.15, 0.2) is 0 Å². The molecule has 0 spiro atoms. The molecule has 0 unspecified atom stereocenters. The molecule has 1 aliphatic rings. The Labute approximate surface area is 149 Å². The largest absolute Gasteiger partial charge is 0.336 e. The first-order chi connectivity index (χ1) is 11.5. The van der Waals surface area contributed by atoms with Crippen LogP contribution in [0, 0.1) is 0 Å². The molecule has 1 aliphatic heterocycles. The Hall–Kier alpha value is -1.77. The first-order valence-electron chi connectivity index (χ1n) is 7.44. The number of sulfonamides is 1. The van der Waals surface area contributed by atoms with Crippen LogP contribution in [-0.4, -0.2) is 43.3 Å². The molecular weight excluding hydrogens is 394 g/mol. The van der Waals surface area contributed by atoms with E-state index in [2.05, 4.69) is 25.6 Å². The van der Waals surface area contributed by atoms with Crippen molar-refractivity contribution in [1.82, 2.24) is 14.6 Å². The van der Waals surface area contributed by atoms with Gasteiger partial charge in [0.25, 0.3) is 5.91 Å². The molecule has 24 heavy (non-hydrogen) atoms. The van der Waals surface area contributed by atoms with Crippen LogP contribution in [0.4, 0.5) is 0 Å². The van der Waals surface area contributed by atoms with Crippen molar-refractivity contribution in [3.8, 4) is 0 Å². The fourth-order valence-electron chi connectivity index (χ4n) is 2.59. The number of amides is 1. The molecule has 0 saturated carbocycles. The van der Waals surface area contributed by atoms with Gasteiger partial charge in [0.1, 0.15) is 5.69 Å². The first kappa shape index (κ1) is 17.1. The van der Waals surface area contributed by atoms with Crippen LogP contribution in [-0.2, 0) is 10.0 Å². The summed E-state index contributed by atoms with van der Waals surface area (Å²) < 4.78 is 28.3. The third kappa shape index (κ3) is 3.82. The van der Waals surface area contributed by atoms with E-state index in [-0.39, 0.29) is 16.8 Å². The van der Waals surface area contributed by atoms with E-state index in [0.29, 0.717) is 25.2 Å². The van der Waals surface area contributed by atoms with Gasteiger partial charge in [-0.3, -0.25) is 9.78 Å². The highest BCUT2D eigenvalue weighted by Crippen LogP contribution is 2.18. The highest BCUT2D eigenvalue weighted by Gasteiger charge is 2.30. The Balaban J connectivity index is 1.66. The van der Waals surface area contributed by atoms with Crippen LogP contribution in [0.1, 0.15) is 16.9 Å². The first-order valence-corrected chi connectivity index (χ1v) is 9.71. The van der Waals surface area contributed by atoms with E-state index in [4.69, 9.17) is 0 Å². The highest BCUT2D eigenvalue weighted by molar-refractivity contribution is 9.10. The summed E-state index contributed by atoms with van der Waals surface area (Å²) in [6, 6.07) is 11.3. The number of nitrogens with zero attached hydrogens (tertiary/aromatic N) is 2. The van der Waals surface area contributed by atoms with E-state index in [1.807, 2.05) is 0 Å². The van der Waals surface area contributed by atoms with Crippen molar-refractivity contribution >= 4 is 31.9 Å². The molecule has 2 aromatic rings. The summed E-state index contributed by atoms with van der Waals surface area (Å²) in [6.07, 6.45) is 2.14. The van der Waals surface area contributed by atoms with Crippen molar-refractivity contribution in [2.24, 2.45) is 0 Å². The maximum atomic E-state index is 12.4. The van der Waals surface area contributed by atoms with E-state index in [1.54, 1.807) is 41.4 Å². The maximum Gasteiger partial charge on any atom is 0.272 e. The fraction of sp³-hybridized carbons (Fsp3) is 0.250. The lowest BCUT2D eigenvalue weighted by Gasteiger charge is -2.16. The zero-order valence-electron chi connectivity index (χ0n) is 12.7. The smallest absolute Gasteiger partial charge is 0.272 e. The zero-order chi connectivity index (χ0) is 17.2. The minimum atomic E-state index is -3.60. The summed E-state index contributed by atoms with van der Waals surface area (Å²) in [7, 11) is -3.60. The van der Waals surface area contributed by atoms with E-state index >= 15 is 0 Å². The van der Waals surface area contributed by atoms with Gasteiger partial charge < -0.3 is 4.90 Å². The molecule has 126 valence electrons. The van der Waals surface area contributed by atoms with Crippen LogP contribution in [0.2, 0.25) is 0 Å². The number of rotatable bonds is 4. The average molecular weight is 410 g/mol. The normalized spacial score (nSPS) is 17.9. The molecule has 8 heteroatoms. The quantitative estimate of drug-likeness (QED) is 0.837. The minimum absolute atomic E-state index is 0.180. The van der Waals surface area contributed by atoms with Gasteiger partial charge in [-0.05, 0) is 42.8 Å². The topological polar surface area (TPSA) is 79.4 Å². The molecule has 1 fully saturated rings. The van der Waals surface area contributed by atoms with Crippen molar-refractivity contribution in [2.45, 2.75) is 17.4 Å². The van der Waals surface area contributed by atoms with Gasteiger partial charge in [0.05, 0.1) is 4.90 Å². The molecule has 1 amide bonds. The molecule has 0 aliphatic carbocycles. The van der Waals surface area contributed by atoms with Gasteiger partial charge >= 0.3 is 0 Å². The number of aromatic nitrogens is 1. The van der Waals surface area contributed by atoms with Crippen LogP contribution in [0.25, 0.3) is 0 Å². The maximum absolute atomic E-state index is 12.4. The molecule has 6 nitrogen and oxygen atoms in total. The second kappa shape index (κ2) is 7.00. The SMILES string of the molecule is O=C(c1ccccn1)N1CC[C@@H](NS(=O)(=O)c2ccc(Br)cc2)C1. The molecule has 1 saturated heterocycles. The summed E-state index contributed by atoms with van der Waals surface area (Å²) in [4.78, 5) is 18.2. The van der Waals surface area contributed by atoms with Crippen molar-refractivity contribution in [3.63, 3.8) is 0 Å². The van der Waals surface area contributed by atoms with E-state index in [0.717, 1.165) is 4.47 Å². The number of pyridine rings is 1. The molecule has 0 bridgehead atoms. The predicted octanol–water partition coefficient (Wildman–Crippen LogP) is 2.04. The molecule has 1 aromatic heterocycles. The lowest BCUT2D eigenvalue weighted by Crippen LogP contribution is -2.38. The molecule has 0 radical (unpaired) electrons. The Morgan fingerprint density at radius 1 is 1.21 bits per heavy atom. The lowest BCUT2D eigenvalue weighted by molar-refractivity contribution is 0.0784. The van der Waals surface area contributed by atoms with E-state index in [1.165, 1.54) is 12.1 Å². The number of carbonyl (C=O) groups excluding carboxylic acids is 1.